The van der Waals surface area contributed by atoms with E-state index in [0.717, 1.165) is 56.9 Å². The normalized spacial score (nSPS) is 12.1. The molecule has 1 amide bonds. The van der Waals surface area contributed by atoms with Gasteiger partial charge in [-0.2, -0.15) is 0 Å². The lowest BCUT2D eigenvalue weighted by Gasteiger charge is -2.20. The van der Waals surface area contributed by atoms with Crippen LogP contribution in [0.4, 0.5) is 4.39 Å². The molecule has 158 valence electrons. The van der Waals surface area contributed by atoms with Crippen molar-refractivity contribution in [2.75, 3.05) is 20.6 Å². The molecule has 0 saturated carbocycles. The number of nitrogens with zero attached hydrogens (tertiary/aromatic N) is 1. The van der Waals surface area contributed by atoms with Crippen LogP contribution in [0.3, 0.4) is 0 Å². The van der Waals surface area contributed by atoms with Crippen LogP contribution < -0.4 is 5.32 Å². The minimum Gasteiger partial charge on any atom is -0.481 e. The van der Waals surface area contributed by atoms with Gasteiger partial charge in [-0.05, 0) is 45.0 Å². The molecule has 5 nitrogen and oxygen atoms in total. The third-order valence-corrected chi connectivity index (χ3v) is 4.68. The molecule has 0 heterocycles. The summed E-state index contributed by atoms with van der Waals surface area (Å²) in [6, 6.07) is 6.59. The Kier molecular flexibility index (Phi) is 12.1. The molecule has 0 spiro atoms. The van der Waals surface area contributed by atoms with Gasteiger partial charge in [0.25, 0.3) is 0 Å². The molecule has 0 aliphatic rings. The van der Waals surface area contributed by atoms with Gasteiger partial charge >= 0.3 is 5.97 Å². The van der Waals surface area contributed by atoms with E-state index >= 15 is 0 Å². The molecular weight excluding hydrogens is 359 g/mol. The Labute approximate surface area is 168 Å². The lowest BCUT2D eigenvalue weighted by atomic mass is 10.0. The fraction of sp³-hybridized carbons (Fsp3) is 0.636. The number of halogens is 1. The second kappa shape index (κ2) is 14.1. The molecule has 0 unspecified atom stereocenters. The highest BCUT2D eigenvalue weighted by molar-refractivity contribution is 5.77. The predicted octanol–water partition coefficient (Wildman–Crippen LogP) is 4.01. The molecule has 0 radical (unpaired) electrons. The van der Waals surface area contributed by atoms with Crippen molar-refractivity contribution in [3.05, 3.63) is 35.6 Å². The molecule has 0 fully saturated rings. The zero-order chi connectivity index (χ0) is 20.8. The van der Waals surface area contributed by atoms with E-state index in [1.54, 1.807) is 6.07 Å². The molecule has 28 heavy (non-hydrogen) atoms. The number of carboxylic acids is 1. The maximum Gasteiger partial charge on any atom is 0.305 e. The van der Waals surface area contributed by atoms with Gasteiger partial charge in [0.05, 0.1) is 12.5 Å². The van der Waals surface area contributed by atoms with Crippen molar-refractivity contribution in [1.82, 2.24) is 10.2 Å². The molecule has 2 N–H and O–H groups in total. The van der Waals surface area contributed by atoms with Gasteiger partial charge in [0.2, 0.25) is 5.91 Å². The first-order chi connectivity index (χ1) is 13.4. The molecule has 6 heteroatoms. The number of nitrogens with one attached hydrogen (secondary N) is 1. The number of hydrogen-bond donors (Lipinski definition) is 2. The van der Waals surface area contributed by atoms with Crippen LogP contribution in [-0.2, 0) is 16.0 Å². The van der Waals surface area contributed by atoms with Gasteiger partial charge in [-0.15, -0.1) is 0 Å². The number of carbonyl (C=O) groups is 2. The Morgan fingerprint density at radius 1 is 1.04 bits per heavy atom. The number of amides is 1. The topological polar surface area (TPSA) is 69.6 Å². The van der Waals surface area contributed by atoms with Gasteiger partial charge in [0, 0.05) is 13.0 Å². The van der Waals surface area contributed by atoms with Crippen molar-refractivity contribution in [2.45, 2.75) is 70.3 Å². The lowest BCUT2D eigenvalue weighted by Crippen LogP contribution is -2.42. The number of hydrogen-bond acceptors (Lipinski definition) is 3. The van der Waals surface area contributed by atoms with Crippen LogP contribution in [0.15, 0.2) is 24.3 Å². The molecule has 1 rings (SSSR count). The number of aliphatic carboxylic acids is 1. The highest BCUT2D eigenvalue weighted by Gasteiger charge is 2.16. The smallest absolute Gasteiger partial charge is 0.305 e. The lowest BCUT2D eigenvalue weighted by molar-refractivity contribution is -0.137. The first-order valence-corrected chi connectivity index (χ1v) is 10.3. The summed E-state index contributed by atoms with van der Waals surface area (Å²) in [7, 11) is 3.72. The van der Waals surface area contributed by atoms with E-state index < -0.39 is 5.97 Å². The second-order valence-corrected chi connectivity index (χ2v) is 7.69. The van der Waals surface area contributed by atoms with Crippen LogP contribution in [0.1, 0.15) is 63.4 Å². The van der Waals surface area contributed by atoms with Crippen molar-refractivity contribution >= 4 is 11.9 Å². The Morgan fingerprint density at radius 3 is 2.25 bits per heavy atom. The minimum atomic E-state index is -0.901. The summed E-state index contributed by atoms with van der Waals surface area (Å²) < 4.78 is 13.5. The Hall–Kier alpha value is -1.95. The fourth-order valence-corrected chi connectivity index (χ4v) is 3.30. The zero-order valence-corrected chi connectivity index (χ0v) is 17.3. The quantitative estimate of drug-likeness (QED) is 0.441. The van der Waals surface area contributed by atoms with Crippen LogP contribution >= 0.6 is 0 Å². The average Bonchev–Trinajstić information content (AvgIpc) is 2.60. The SMILES string of the molecule is CN(C)C[C@@H](CC(=O)O)NC(=O)CCCCCCCCCc1ccccc1F. The molecule has 1 atom stereocenters. The molecular formula is C22H35FN2O3. The standard InChI is InChI=1S/C22H35FN2O3/c1-25(2)17-19(16-22(27)28)24-21(26)15-9-7-5-3-4-6-8-12-18-13-10-11-14-20(18)23/h10-11,13-14,19H,3-9,12,15-17H2,1-2H3,(H,24,26)(H,27,28)/t19-/m1/s1. The van der Waals surface area contributed by atoms with E-state index in [1.807, 2.05) is 31.1 Å². The molecule has 0 aromatic heterocycles. The summed E-state index contributed by atoms with van der Waals surface area (Å²) in [4.78, 5) is 24.8. The molecule has 1 aromatic carbocycles. The van der Waals surface area contributed by atoms with Crippen LogP contribution in [0.25, 0.3) is 0 Å². The summed E-state index contributed by atoms with van der Waals surface area (Å²) in [6.07, 6.45) is 8.43. The van der Waals surface area contributed by atoms with E-state index in [9.17, 15) is 14.0 Å². The van der Waals surface area contributed by atoms with Crippen LogP contribution in [0.2, 0.25) is 0 Å². The van der Waals surface area contributed by atoms with Gasteiger partial charge in [0.15, 0.2) is 0 Å². The highest BCUT2D eigenvalue weighted by atomic mass is 19.1. The number of likely N-dealkylation sites (N-methyl/N-ethyl adjacent to an activating group) is 1. The number of benzene rings is 1. The van der Waals surface area contributed by atoms with E-state index in [-0.39, 0.29) is 24.2 Å². The van der Waals surface area contributed by atoms with E-state index in [1.165, 1.54) is 6.07 Å². The average molecular weight is 395 g/mol. The monoisotopic (exact) mass is 394 g/mol. The molecule has 0 bridgehead atoms. The number of carbonyl (C=O) groups excluding carboxylic acids is 1. The van der Waals surface area contributed by atoms with Crippen LogP contribution in [-0.4, -0.2) is 48.6 Å². The summed E-state index contributed by atoms with van der Waals surface area (Å²) in [5.74, 6) is -1.09. The summed E-state index contributed by atoms with van der Waals surface area (Å²) in [6.45, 7) is 0.519. The van der Waals surface area contributed by atoms with Crippen molar-refractivity contribution in [2.24, 2.45) is 0 Å². The Bertz CT molecular complexity index is 593. The maximum absolute atomic E-state index is 13.5. The number of rotatable bonds is 15. The second-order valence-electron chi connectivity index (χ2n) is 7.69. The van der Waals surface area contributed by atoms with Crippen LogP contribution in [0.5, 0.6) is 0 Å². The van der Waals surface area contributed by atoms with Gasteiger partial charge in [-0.3, -0.25) is 9.59 Å². The first-order valence-electron chi connectivity index (χ1n) is 10.3. The number of aryl methyl sites for hydroxylation is 1. The third-order valence-electron chi connectivity index (χ3n) is 4.68. The van der Waals surface area contributed by atoms with Gasteiger partial charge in [0.1, 0.15) is 5.82 Å². The van der Waals surface area contributed by atoms with E-state index in [4.69, 9.17) is 5.11 Å². The highest BCUT2D eigenvalue weighted by Crippen LogP contribution is 2.13. The minimum absolute atomic E-state index is 0.0587. The van der Waals surface area contributed by atoms with E-state index in [2.05, 4.69) is 5.32 Å². The predicted molar refractivity (Wildman–Crippen MR) is 110 cm³/mol. The third kappa shape index (κ3) is 11.7. The number of unbranched alkanes of at least 4 members (excludes halogenated alkanes) is 6. The summed E-state index contributed by atoms with van der Waals surface area (Å²) >= 11 is 0. The van der Waals surface area contributed by atoms with Gasteiger partial charge in [-0.1, -0.05) is 50.3 Å². The Balaban J connectivity index is 2.04. The fourth-order valence-electron chi connectivity index (χ4n) is 3.30. The van der Waals surface area contributed by atoms with E-state index in [0.29, 0.717) is 13.0 Å². The van der Waals surface area contributed by atoms with Gasteiger partial charge in [-0.25, -0.2) is 4.39 Å². The largest absolute Gasteiger partial charge is 0.481 e. The molecule has 0 aliphatic carbocycles. The molecule has 0 saturated heterocycles. The molecule has 0 aliphatic heterocycles. The van der Waals surface area contributed by atoms with Crippen molar-refractivity contribution in [3.63, 3.8) is 0 Å². The van der Waals surface area contributed by atoms with Crippen molar-refractivity contribution in [3.8, 4) is 0 Å². The van der Waals surface area contributed by atoms with Crippen molar-refractivity contribution < 1.29 is 19.1 Å². The summed E-state index contributed by atoms with van der Waals surface area (Å²) in [5, 5.41) is 11.8. The van der Waals surface area contributed by atoms with Crippen LogP contribution in [0, 0.1) is 5.82 Å². The van der Waals surface area contributed by atoms with Gasteiger partial charge < -0.3 is 15.3 Å². The summed E-state index contributed by atoms with van der Waals surface area (Å²) in [5.41, 5.74) is 0.795. The maximum atomic E-state index is 13.5. The molecule has 1 aromatic rings. The van der Waals surface area contributed by atoms with Crippen molar-refractivity contribution in [1.29, 1.82) is 0 Å². The first kappa shape index (κ1) is 24.1. The number of carboxylic acid groups (broad SMARTS) is 1. The Morgan fingerprint density at radius 2 is 1.64 bits per heavy atom. The zero-order valence-electron chi connectivity index (χ0n) is 17.3.